The van der Waals surface area contributed by atoms with Crippen LogP contribution in [0.4, 0.5) is 4.79 Å². The average molecular weight is 484 g/mol. The first-order chi connectivity index (χ1) is 16.4. The molecule has 0 bridgehead atoms. The Kier molecular flexibility index (Phi) is 7.18. The molecule has 3 N–H and O–H groups in total. The van der Waals surface area contributed by atoms with Crippen molar-refractivity contribution in [3.05, 3.63) is 59.1 Å². The molecule has 2 heterocycles. The zero-order chi connectivity index (χ0) is 24.3. The number of hydroxylamine groups is 2. The van der Waals surface area contributed by atoms with E-state index in [0.29, 0.717) is 31.0 Å². The van der Waals surface area contributed by atoms with Crippen LogP contribution in [-0.2, 0) is 12.0 Å². The molecule has 0 unspecified atom stereocenters. The molecule has 1 aliphatic rings. The summed E-state index contributed by atoms with van der Waals surface area (Å²) in [5.74, 6) is 0.755. The number of amides is 2. The Hall–Kier alpha value is -2.98. The second kappa shape index (κ2) is 10.1. The summed E-state index contributed by atoms with van der Waals surface area (Å²) in [6.45, 7) is 0.735. The molecule has 1 fully saturated rings. The maximum Gasteiger partial charge on any atom is 0.343 e. The van der Waals surface area contributed by atoms with Crippen LogP contribution in [0.1, 0.15) is 23.4 Å². The van der Waals surface area contributed by atoms with Crippen LogP contribution < -0.4 is 4.74 Å². The highest BCUT2D eigenvalue weighted by Gasteiger charge is 2.40. The van der Waals surface area contributed by atoms with Crippen molar-refractivity contribution in [2.45, 2.75) is 24.9 Å². The van der Waals surface area contributed by atoms with Crippen LogP contribution in [0.2, 0.25) is 0 Å². The van der Waals surface area contributed by atoms with Gasteiger partial charge in [0.1, 0.15) is 10.8 Å². The molecule has 0 aliphatic carbocycles. The van der Waals surface area contributed by atoms with E-state index in [1.54, 1.807) is 23.3 Å². The largest absolute Gasteiger partial charge is 0.497 e. The van der Waals surface area contributed by atoms with E-state index in [1.807, 2.05) is 48.5 Å². The lowest BCUT2D eigenvalue weighted by Crippen LogP contribution is -2.49. The summed E-state index contributed by atoms with van der Waals surface area (Å²) < 4.78 is 5.30. The van der Waals surface area contributed by atoms with Crippen LogP contribution in [0.15, 0.2) is 48.5 Å². The Bertz CT molecular complexity index is 1060. The fourth-order valence-electron chi connectivity index (χ4n) is 4.22. The molecule has 0 spiro atoms. The maximum absolute atomic E-state index is 12.2. The van der Waals surface area contributed by atoms with Gasteiger partial charge in [0.05, 0.1) is 30.9 Å². The highest BCUT2D eigenvalue weighted by molar-refractivity contribution is 7.15. The van der Waals surface area contributed by atoms with Crippen molar-refractivity contribution in [1.29, 1.82) is 0 Å². The number of carbonyl (C=O) groups excluding carboxylic acids is 1. The van der Waals surface area contributed by atoms with Gasteiger partial charge in [-0.1, -0.05) is 24.3 Å². The number of ether oxygens (including phenoxy) is 1. The number of carbonyl (C=O) groups is 1. The minimum absolute atomic E-state index is 0.0224. The van der Waals surface area contributed by atoms with E-state index in [4.69, 9.17) is 9.72 Å². The third-order valence-electron chi connectivity index (χ3n) is 6.41. The second-order valence-corrected chi connectivity index (χ2v) is 9.51. The number of piperidine rings is 1. The van der Waals surface area contributed by atoms with Gasteiger partial charge in [0.15, 0.2) is 0 Å². The first kappa shape index (κ1) is 24.2. The first-order valence-electron chi connectivity index (χ1n) is 11.1. The number of nitrogens with zero attached hydrogens (tertiary/aromatic N) is 3. The molecular weight excluding hydrogens is 454 g/mol. The van der Waals surface area contributed by atoms with Gasteiger partial charge in [0, 0.05) is 31.1 Å². The van der Waals surface area contributed by atoms with E-state index in [1.165, 1.54) is 7.05 Å². The molecule has 180 valence electrons. The molecule has 0 saturated carbocycles. The topological polar surface area (TPSA) is 106 Å². The van der Waals surface area contributed by atoms with Crippen molar-refractivity contribution in [3.63, 3.8) is 0 Å². The molecule has 1 aromatic heterocycles. The summed E-state index contributed by atoms with van der Waals surface area (Å²) in [5.41, 5.74) is 3.00. The van der Waals surface area contributed by atoms with Crippen molar-refractivity contribution in [2.75, 3.05) is 33.9 Å². The molecule has 0 atom stereocenters. The fraction of sp³-hybridized carbons (Fsp3) is 0.360. The number of aliphatic hydroxyl groups is 2. The van der Waals surface area contributed by atoms with Gasteiger partial charge in [0.25, 0.3) is 0 Å². The van der Waals surface area contributed by atoms with Gasteiger partial charge in [-0.05, 0) is 48.2 Å². The van der Waals surface area contributed by atoms with Gasteiger partial charge in [-0.25, -0.2) is 14.8 Å². The monoisotopic (exact) mass is 483 g/mol. The minimum atomic E-state index is -0.569. The van der Waals surface area contributed by atoms with Gasteiger partial charge >= 0.3 is 6.03 Å². The summed E-state index contributed by atoms with van der Waals surface area (Å²) in [4.78, 5) is 19.8. The number of aliphatic hydroxyl groups excluding tert-OH is 2. The molecule has 34 heavy (non-hydrogen) atoms. The summed E-state index contributed by atoms with van der Waals surface area (Å²) in [6, 6.07) is 15.0. The third kappa shape index (κ3) is 4.65. The first-order valence-corrected chi connectivity index (χ1v) is 11.9. The van der Waals surface area contributed by atoms with Gasteiger partial charge in [-0.2, -0.15) is 0 Å². The Morgan fingerprint density at radius 2 is 1.71 bits per heavy atom. The number of hydrogen-bond acceptors (Lipinski definition) is 7. The lowest BCUT2D eigenvalue weighted by Gasteiger charge is -2.39. The van der Waals surface area contributed by atoms with E-state index in [2.05, 4.69) is 0 Å². The van der Waals surface area contributed by atoms with Crippen molar-refractivity contribution < 1.29 is 25.0 Å². The van der Waals surface area contributed by atoms with Gasteiger partial charge in [-0.15, -0.1) is 11.3 Å². The molecular formula is C25H29N3O5S. The van der Waals surface area contributed by atoms with E-state index < -0.39 is 11.4 Å². The predicted octanol–water partition coefficient (Wildman–Crippen LogP) is 3.74. The molecule has 4 rings (SSSR count). The van der Waals surface area contributed by atoms with Crippen LogP contribution in [-0.4, -0.2) is 70.3 Å². The van der Waals surface area contributed by atoms with Crippen LogP contribution in [0.3, 0.4) is 0 Å². The van der Waals surface area contributed by atoms with Crippen LogP contribution >= 0.6 is 11.3 Å². The maximum atomic E-state index is 12.2. The number of thiazole rings is 1. The average Bonchev–Trinajstić information content (AvgIpc) is 3.34. The van der Waals surface area contributed by atoms with E-state index in [9.17, 15) is 20.2 Å². The fourth-order valence-corrected chi connectivity index (χ4v) is 5.55. The van der Waals surface area contributed by atoms with Crippen molar-refractivity contribution >= 4 is 17.4 Å². The third-order valence-corrected chi connectivity index (χ3v) is 7.76. The zero-order valence-electron chi connectivity index (χ0n) is 19.3. The van der Waals surface area contributed by atoms with Crippen molar-refractivity contribution in [1.82, 2.24) is 14.9 Å². The van der Waals surface area contributed by atoms with Crippen LogP contribution in [0.25, 0.3) is 21.7 Å². The highest BCUT2D eigenvalue weighted by Crippen LogP contribution is 2.44. The number of benzene rings is 2. The van der Waals surface area contributed by atoms with Crippen LogP contribution in [0.5, 0.6) is 5.75 Å². The molecule has 3 aromatic rings. The van der Waals surface area contributed by atoms with Gasteiger partial charge < -0.3 is 19.8 Å². The van der Waals surface area contributed by atoms with E-state index in [-0.39, 0.29) is 13.2 Å². The quantitative estimate of drug-likeness (QED) is 0.364. The summed E-state index contributed by atoms with van der Waals surface area (Å²) in [6.07, 6.45) is 1.09. The lowest BCUT2D eigenvalue weighted by molar-refractivity contribution is -0.0385. The van der Waals surface area contributed by atoms with Gasteiger partial charge in [0.2, 0.25) is 0 Å². The number of aromatic nitrogens is 1. The van der Waals surface area contributed by atoms with E-state index in [0.717, 1.165) is 38.0 Å². The van der Waals surface area contributed by atoms with Gasteiger partial charge in [-0.3, -0.25) is 5.21 Å². The Morgan fingerprint density at radius 3 is 2.24 bits per heavy atom. The summed E-state index contributed by atoms with van der Waals surface area (Å²) >= 11 is 1.55. The number of urea groups is 1. The molecule has 0 radical (unpaired) electrons. The summed E-state index contributed by atoms with van der Waals surface area (Å²) in [5, 5.41) is 30.8. The second-order valence-electron chi connectivity index (χ2n) is 8.51. The number of hydrogen-bond donors (Lipinski definition) is 3. The lowest BCUT2D eigenvalue weighted by atomic mass is 9.79. The van der Waals surface area contributed by atoms with E-state index >= 15 is 0 Å². The number of likely N-dealkylation sites (tertiary alicyclic amines) is 1. The Balaban J connectivity index is 1.74. The molecule has 2 amide bonds. The van der Waals surface area contributed by atoms with Crippen molar-refractivity contribution in [2.24, 2.45) is 0 Å². The molecule has 1 saturated heterocycles. The zero-order valence-corrected chi connectivity index (χ0v) is 20.1. The molecule has 1 aliphatic heterocycles. The normalized spacial score (nSPS) is 15.3. The highest BCUT2D eigenvalue weighted by atomic mass is 32.1. The predicted molar refractivity (Wildman–Crippen MR) is 130 cm³/mol. The van der Waals surface area contributed by atoms with Crippen LogP contribution in [0, 0.1) is 0 Å². The Labute approximate surface area is 202 Å². The smallest absolute Gasteiger partial charge is 0.343 e. The standard InChI is InChI=1S/C25H29N3O5S/c1-27(32)24(31)28-13-11-25(16-30,12-14-28)23-26-21(18-7-9-20(33-2)10-8-18)22(34-23)19-5-3-17(15-29)4-6-19/h3-10,29-30,32H,11-16H2,1-2H3. The molecule has 8 nitrogen and oxygen atoms in total. The number of rotatable bonds is 6. The summed E-state index contributed by atoms with van der Waals surface area (Å²) in [7, 11) is 2.94. The Morgan fingerprint density at radius 1 is 1.09 bits per heavy atom. The SMILES string of the molecule is COc1ccc(-c2nc(C3(CO)CCN(C(=O)N(C)O)CC3)sc2-c2ccc(CO)cc2)cc1. The number of methoxy groups -OCH3 is 1. The van der Waals surface area contributed by atoms with Crippen molar-refractivity contribution in [3.8, 4) is 27.4 Å². The molecule has 2 aromatic carbocycles. The minimum Gasteiger partial charge on any atom is -0.497 e. The molecule has 9 heteroatoms.